The quantitative estimate of drug-likeness (QED) is 0.641. The molecule has 3 aliphatic rings. The number of methoxy groups -OCH3 is 2. The molecule has 0 bridgehead atoms. The van der Waals surface area contributed by atoms with E-state index in [0.717, 1.165) is 14.2 Å². The van der Waals surface area contributed by atoms with Crippen molar-refractivity contribution in [2.24, 2.45) is 11.8 Å². The molecular formula is C26H20O8. The smallest absolute Gasteiger partial charge is 0.314 e. The summed E-state index contributed by atoms with van der Waals surface area (Å²) in [5.74, 6) is -5.71. The summed E-state index contributed by atoms with van der Waals surface area (Å²) in [6.07, 6.45) is 2.44. The van der Waals surface area contributed by atoms with Crippen molar-refractivity contribution >= 4 is 35.0 Å². The minimum absolute atomic E-state index is 0.159. The first kappa shape index (κ1) is 21.6. The lowest BCUT2D eigenvalue weighted by Gasteiger charge is -2.58. The van der Waals surface area contributed by atoms with Gasteiger partial charge in [0.1, 0.15) is 23.4 Å². The fraction of sp³-hybridized carbons (Fsp3) is 0.231. The molecule has 2 aromatic rings. The van der Waals surface area contributed by atoms with E-state index in [9.17, 15) is 19.2 Å². The Morgan fingerprint density at radius 1 is 0.676 bits per heavy atom. The van der Waals surface area contributed by atoms with Gasteiger partial charge in [0.25, 0.3) is 0 Å². The molecule has 0 N–H and O–H groups in total. The van der Waals surface area contributed by atoms with Crippen LogP contribution in [-0.2, 0) is 38.1 Å². The van der Waals surface area contributed by atoms with Crippen LogP contribution in [0.3, 0.4) is 0 Å². The molecule has 2 aliphatic heterocycles. The van der Waals surface area contributed by atoms with Crippen LogP contribution >= 0.6 is 0 Å². The number of benzene rings is 2. The highest BCUT2D eigenvalue weighted by molar-refractivity contribution is 6.21. The van der Waals surface area contributed by atoms with Crippen LogP contribution in [0.2, 0.25) is 0 Å². The molecule has 4 atom stereocenters. The minimum atomic E-state index is -2.13. The van der Waals surface area contributed by atoms with Gasteiger partial charge in [-0.2, -0.15) is 0 Å². The maximum atomic E-state index is 13.6. The Kier molecular flexibility index (Phi) is 4.89. The molecule has 8 heteroatoms. The number of fused-ring (bicyclic) bond motifs is 1. The zero-order valence-corrected chi connectivity index (χ0v) is 18.3. The van der Waals surface area contributed by atoms with Gasteiger partial charge in [-0.05, 0) is 0 Å². The first-order valence-corrected chi connectivity index (χ1v) is 10.6. The van der Waals surface area contributed by atoms with Gasteiger partial charge in [-0.1, -0.05) is 60.7 Å². The van der Waals surface area contributed by atoms with Crippen LogP contribution in [0.1, 0.15) is 11.1 Å². The third-order valence-electron chi connectivity index (χ3n) is 6.59. The number of carbonyl (C=O) groups is 4. The molecule has 1 aliphatic carbocycles. The van der Waals surface area contributed by atoms with E-state index in [2.05, 4.69) is 0 Å². The van der Waals surface area contributed by atoms with Crippen molar-refractivity contribution in [2.75, 3.05) is 14.2 Å². The Morgan fingerprint density at radius 2 is 1.03 bits per heavy atom. The Morgan fingerprint density at radius 3 is 1.35 bits per heavy atom. The molecule has 0 unspecified atom stereocenters. The summed E-state index contributed by atoms with van der Waals surface area (Å²) < 4.78 is 22.2. The lowest BCUT2D eigenvalue weighted by Crippen LogP contribution is -2.84. The second-order valence-corrected chi connectivity index (χ2v) is 8.15. The fourth-order valence-corrected chi connectivity index (χ4v) is 5.09. The first-order valence-electron chi connectivity index (χ1n) is 10.6. The summed E-state index contributed by atoms with van der Waals surface area (Å²) in [6.45, 7) is 0. The van der Waals surface area contributed by atoms with Crippen LogP contribution in [0.4, 0.5) is 0 Å². The largest absolute Gasteiger partial charge is 0.473 e. The molecule has 1 fully saturated rings. The van der Waals surface area contributed by atoms with Gasteiger partial charge in [0, 0.05) is 23.3 Å². The van der Waals surface area contributed by atoms with Crippen LogP contribution in [0, 0.1) is 11.8 Å². The van der Waals surface area contributed by atoms with Gasteiger partial charge in [0.2, 0.25) is 22.8 Å². The first-order chi connectivity index (χ1) is 16.4. The zero-order chi connectivity index (χ0) is 24.1. The molecule has 0 amide bonds. The molecule has 1 saturated carbocycles. The van der Waals surface area contributed by atoms with Gasteiger partial charge in [0.15, 0.2) is 0 Å². The van der Waals surface area contributed by atoms with Crippen molar-refractivity contribution in [1.82, 2.24) is 0 Å². The number of esters is 2. The van der Waals surface area contributed by atoms with Gasteiger partial charge in [0.05, 0.1) is 14.2 Å². The normalized spacial score (nSPS) is 29.1. The number of ketones is 2. The third kappa shape index (κ3) is 2.65. The highest BCUT2D eigenvalue weighted by Crippen LogP contribution is 2.64. The van der Waals surface area contributed by atoms with Crippen molar-refractivity contribution in [2.45, 2.75) is 11.2 Å². The minimum Gasteiger partial charge on any atom is -0.473 e. The number of rotatable bonds is 4. The van der Waals surface area contributed by atoms with Gasteiger partial charge < -0.3 is 18.9 Å². The Labute approximate surface area is 194 Å². The molecule has 172 valence electrons. The predicted octanol–water partition coefficient (Wildman–Crippen LogP) is 2.34. The Hall–Kier alpha value is -4.20. The van der Waals surface area contributed by atoms with Crippen LogP contribution in [0.25, 0.3) is 11.5 Å². The predicted molar refractivity (Wildman–Crippen MR) is 117 cm³/mol. The van der Waals surface area contributed by atoms with Gasteiger partial charge in [-0.25, -0.2) is 0 Å². The van der Waals surface area contributed by atoms with Crippen molar-refractivity contribution in [1.29, 1.82) is 0 Å². The molecule has 2 spiro atoms. The van der Waals surface area contributed by atoms with E-state index >= 15 is 0 Å². The van der Waals surface area contributed by atoms with E-state index in [0.29, 0.717) is 11.1 Å². The Bertz CT molecular complexity index is 1160. The highest BCUT2D eigenvalue weighted by Gasteiger charge is 2.89. The van der Waals surface area contributed by atoms with E-state index in [1.807, 2.05) is 0 Å². The lowest BCUT2D eigenvalue weighted by atomic mass is 9.47. The van der Waals surface area contributed by atoms with Crippen LogP contribution in [-0.4, -0.2) is 48.9 Å². The number of hydrogen-bond acceptors (Lipinski definition) is 8. The molecule has 0 aromatic heterocycles. The fourth-order valence-electron chi connectivity index (χ4n) is 5.09. The molecule has 2 heterocycles. The molecule has 2 aromatic carbocycles. The van der Waals surface area contributed by atoms with Crippen LogP contribution in [0.15, 0.2) is 72.8 Å². The summed E-state index contributed by atoms with van der Waals surface area (Å²) in [7, 11) is 2.26. The summed E-state index contributed by atoms with van der Waals surface area (Å²) >= 11 is 0. The monoisotopic (exact) mass is 460 g/mol. The summed E-state index contributed by atoms with van der Waals surface area (Å²) in [4.78, 5) is 53.0. The Balaban J connectivity index is 1.66. The average Bonchev–Trinajstić information content (AvgIpc) is 3.42. The second kappa shape index (κ2) is 7.69. The van der Waals surface area contributed by atoms with Crippen molar-refractivity contribution in [3.8, 4) is 0 Å². The van der Waals surface area contributed by atoms with E-state index in [4.69, 9.17) is 18.9 Å². The second-order valence-electron chi connectivity index (χ2n) is 8.15. The highest BCUT2D eigenvalue weighted by atomic mass is 16.6. The van der Waals surface area contributed by atoms with Crippen molar-refractivity contribution in [3.63, 3.8) is 0 Å². The molecule has 0 radical (unpaired) electrons. The maximum absolute atomic E-state index is 13.6. The van der Waals surface area contributed by atoms with E-state index in [1.165, 1.54) is 12.2 Å². The topological polar surface area (TPSA) is 105 Å². The molecule has 5 rings (SSSR count). The average molecular weight is 460 g/mol. The molecule has 34 heavy (non-hydrogen) atoms. The standard InChI is InChI=1S/C26H20O8/c1-31-23(29)21-22(24(30)32-2)26(20(28)14-18(34-26)16-11-7-4-8-12-16)25(21)19(27)13-17(33-25)15-9-5-3-6-10-15/h3-14,21-22H,1-2H3/t21-,22-,25-,26+/m0/s1. The SMILES string of the molecule is COC(=O)[C@@H]1[C@@H](C(=O)OC)[C@]2(OC(c3ccccc3)=CC2=O)[C@]12OC(c1ccccc1)=CC2=O. The molecule has 8 nitrogen and oxygen atoms in total. The van der Waals surface area contributed by atoms with Gasteiger partial charge in [-0.3, -0.25) is 19.2 Å². The van der Waals surface area contributed by atoms with Crippen molar-refractivity contribution in [3.05, 3.63) is 83.9 Å². The van der Waals surface area contributed by atoms with E-state index in [-0.39, 0.29) is 11.5 Å². The van der Waals surface area contributed by atoms with E-state index in [1.54, 1.807) is 60.7 Å². The van der Waals surface area contributed by atoms with Gasteiger partial charge in [-0.15, -0.1) is 0 Å². The summed E-state index contributed by atoms with van der Waals surface area (Å²) in [5.41, 5.74) is -3.13. The lowest BCUT2D eigenvalue weighted by molar-refractivity contribution is -0.260. The summed E-state index contributed by atoms with van der Waals surface area (Å²) in [6, 6.07) is 17.5. The molecular weight excluding hydrogens is 440 g/mol. The number of carbonyl (C=O) groups excluding carboxylic acids is 4. The summed E-state index contributed by atoms with van der Waals surface area (Å²) in [5, 5.41) is 0. The van der Waals surface area contributed by atoms with Crippen LogP contribution < -0.4 is 0 Å². The molecule has 0 saturated heterocycles. The maximum Gasteiger partial charge on any atom is 0.314 e. The van der Waals surface area contributed by atoms with Crippen molar-refractivity contribution < 1.29 is 38.1 Å². The number of hydrogen-bond donors (Lipinski definition) is 0. The number of ether oxygens (including phenoxy) is 4. The van der Waals surface area contributed by atoms with E-state index < -0.39 is 46.5 Å². The van der Waals surface area contributed by atoms with Crippen LogP contribution in [0.5, 0.6) is 0 Å². The zero-order valence-electron chi connectivity index (χ0n) is 18.3. The third-order valence-corrected chi connectivity index (χ3v) is 6.59. The van der Waals surface area contributed by atoms with Gasteiger partial charge >= 0.3 is 11.9 Å².